The van der Waals surface area contributed by atoms with Crippen molar-refractivity contribution in [3.8, 4) is 11.5 Å². The van der Waals surface area contributed by atoms with Gasteiger partial charge >= 0.3 is 0 Å². The molecule has 4 nitrogen and oxygen atoms in total. The molecule has 1 aromatic rings. The van der Waals surface area contributed by atoms with E-state index in [-0.39, 0.29) is 0 Å². The summed E-state index contributed by atoms with van der Waals surface area (Å²) in [7, 11) is 3.18. The monoisotopic (exact) mass is 245 g/mol. The maximum absolute atomic E-state index is 5.93. The highest BCUT2D eigenvalue weighted by Gasteiger charge is 2.11. The first-order valence-electron chi connectivity index (χ1n) is 4.91. The number of methoxy groups -OCH3 is 2. The lowest BCUT2D eigenvalue weighted by Crippen LogP contribution is -2.09. The molecule has 0 spiro atoms. The van der Waals surface area contributed by atoms with Crippen molar-refractivity contribution in [1.29, 1.82) is 0 Å². The van der Waals surface area contributed by atoms with Crippen LogP contribution in [-0.2, 0) is 11.3 Å². The first-order valence-corrected chi connectivity index (χ1v) is 5.29. The molecule has 1 aromatic carbocycles. The van der Waals surface area contributed by atoms with Crippen molar-refractivity contribution in [2.24, 2.45) is 5.73 Å². The van der Waals surface area contributed by atoms with Crippen LogP contribution in [0, 0.1) is 0 Å². The fourth-order valence-corrected chi connectivity index (χ4v) is 1.55. The van der Waals surface area contributed by atoms with Crippen molar-refractivity contribution in [3.63, 3.8) is 0 Å². The zero-order valence-electron chi connectivity index (χ0n) is 9.46. The van der Waals surface area contributed by atoms with Gasteiger partial charge in [0.05, 0.1) is 13.7 Å². The van der Waals surface area contributed by atoms with Gasteiger partial charge in [-0.25, -0.2) is 0 Å². The van der Waals surface area contributed by atoms with Gasteiger partial charge in [0.15, 0.2) is 11.5 Å². The Morgan fingerprint density at radius 3 is 2.56 bits per heavy atom. The molecule has 5 heteroatoms. The zero-order valence-corrected chi connectivity index (χ0v) is 10.2. The molecule has 0 radical (unpaired) electrons. The lowest BCUT2D eigenvalue weighted by molar-refractivity contribution is 0.143. The third-order valence-corrected chi connectivity index (χ3v) is 2.29. The molecule has 0 saturated heterocycles. The molecule has 0 aliphatic carbocycles. The second kappa shape index (κ2) is 6.58. The predicted octanol–water partition coefficient (Wildman–Crippen LogP) is 1.83. The van der Waals surface area contributed by atoms with Crippen LogP contribution in [0.4, 0.5) is 0 Å². The Kier molecular flexibility index (Phi) is 5.38. The van der Waals surface area contributed by atoms with E-state index in [1.807, 2.05) is 0 Å². The summed E-state index contributed by atoms with van der Waals surface area (Å²) in [6.07, 6.45) is 0. The van der Waals surface area contributed by atoms with E-state index in [0.717, 1.165) is 5.56 Å². The Balaban J connectivity index is 2.93. The van der Waals surface area contributed by atoms with Gasteiger partial charge in [0.1, 0.15) is 6.61 Å². The van der Waals surface area contributed by atoms with Crippen LogP contribution < -0.4 is 15.2 Å². The van der Waals surface area contributed by atoms with E-state index in [0.29, 0.717) is 36.3 Å². The average molecular weight is 246 g/mol. The summed E-state index contributed by atoms with van der Waals surface area (Å²) in [4.78, 5) is 0. The van der Waals surface area contributed by atoms with Gasteiger partial charge in [0, 0.05) is 30.3 Å². The van der Waals surface area contributed by atoms with E-state index in [4.69, 9.17) is 31.5 Å². The molecule has 0 atom stereocenters. The van der Waals surface area contributed by atoms with Crippen molar-refractivity contribution in [1.82, 2.24) is 0 Å². The van der Waals surface area contributed by atoms with Gasteiger partial charge in [-0.1, -0.05) is 11.6 Å². The first kappa shape index (κ1) is 13.1. The lowest BCUT2D eigenvalue weighted by Gasteiger charge is -2.14. The second-order valence-corrected chi connectivity index (χ2v) is 3.58. The van der Waals surface area contributed by atoms with Crippen LogP contribution in [0.2, 0.25) is 5.02 Å². The topological polar surface area (TPSA) is 53.7 Å². The number of benzene rings is 1. The molecule has 0 bridgehead atoms. The molecular formula is C11H16ClNO3. The quantitative estimate of drug-likeness (QED) is 0.777. The maximum atomic E-state index is 5.93. The Morgan fingerprint density at radius 1 is 1.25 bits per heavy atom. The Bertz CT molecular complexity index is 319. The summed E-state index contributed by atoms with van der Waals surface area (Å²) in [5, 5.41) is 0.580. The molecule has 16 heavy (non-hydrogen) atoms. The summed E-state index contributed by atoms with van der Waals surface area (Å²) in [5.41, 5.74) is 6.44. The highest BCUT2D eigenvalue weighted by atomic mass is 35.5. The van der Waals surface area contributed by atoms with Crippen molar-refractivity contribution >= 4 is 11.6 Å². The molecule has 0 aliphatic heterocycles. The van der Waals surface area contributed by atoms with Crippen LogP contribution in [-0.4, -0.2) is 27.4 Å². The lowest BCUT2D eigenvalue weighted by atomic mass is 10.2. The molecule has 0 aliphatic rings. The van der Waals surface area contributed by atoms with E-state index >= 15 is 0 Å². The molecular weight excluding hydrogens is 230 g/mol. The molecule has 90 valence electrons. The largest absolute Gasteiger partial charge is 0.493 e. The molecule has 2 N–H and O–H groups in total. The third-order valence-electron chi connectivity index (χ3n) is 2.07. The van der Waals surface area contributed by atoms with Crippen molar-refractivity contribution in [2.75, 3.05) is 27.4 Å². The van der Waals surface area contributed by atoms with Crippen LogP contribution in [0.1, 0.15) is 5.56 Å². The number of hydrogen-bond acceptors (Lipinski definition) is 4. The number of ether oxygens (including phenoxy) is 3. The number of hydrogen-bond donors (Lipinski definition) is 1. The first-order chi connectivity index (χ1) is 7.72. The van der Waals surface area contributed by atoms with E-state index in [2.05, 4.69) is 0 Å². The van der Waals surface area contributed by atoms with Gasteiger partial charge in [-0.05, 0) is 6.07 Å². The Labute approximate surface area is 100 Å². The van der Waals surface area contributed by atoms with Crippen LogP contribution in [0.15, 0.2) is 12.1 Å². The van der Waals surface area contributed by atoms with E-state index in [1.54, 1.807) is 26.4 Å². The Morgan fingerprint density at radius 2 is 2.00 bits per heavy atom. The minimum absolute atomic E-state index is 0.346. The summed E-state index contributed by atoms with van der Waals surface area (Å²) < 4.78 is 15.7. The highest BCUT2D eigenvalue weighted by Crippen LogP contribution is 2.34. The van der Waals surface area contributed by atoms with Gasteiger partial charge in [0.25, 0.3) is 0 Å². The third kappa shape index (κ3) is 3.27. The van der Waals surface area contributed by atoms with Gasteiger partial charge in [-0.15, -0.1) is 0 Å². The molecule has 1 rings (SSSR count). The number of rotatable bonds is 6. The number of halogens is 1. The fourth-order valence-electron chi connectivity index (χ4n) is 1.32. The van der Waals surface area contributed by atoms with Gasteiger partial charge in [-0.2, -0.15) is 0 Å². The second-order valence-electron chi connectivity index (χ2n) is 3.14. The van der Waals surface area contributed by atoms with E-state index in [1.165, 1.54) is 0 Å². The van der Waals surface area contributed by atoms with E-state index < -0.39 is 0 Å². The molecule has 0 fully saturated rings. The summed E-state index contributed by atoms with van der Waals surface area (Å²) >= 11 is 5.93. The van der Waals surface area contributed by atoms with Crippen LogP contribution >= 0.6 is 11.6 Å². The smallest absolute Gasteiger partial charge is 0.165 e. The number of nitrogens with two attached hydrogens (primary N) is 1. The van der Waals surface area contributed by atoms with Gasteiger partial charge < -0.3 is 19.9 Å². The summed E-state index contributed by atoms with van der Waals surface area (Å²) in [5.74, 6) is 1.22. The van der Waals surface area contributed by atoms with Crippen LogP contribution in [0.5, 0.6) is 11.5 Å². The van der Waals surface area contributed by atoms with Crippen LogP contribution in [0.3, 0.4) is 0 Å². The minimum atomic E-state index is 0.346. The van der Waals surface area contributed by atoms with Gasteiger partial charge in [-0.3, -0.25) is 0 Å². The minimum Gasteiger partial charge on any atom is -0.493 e. The highest BCUT2D eigenvalue weighted by molar-refractivity contribution is 6.30. The van der Waals surface area contributed by atoms with Crippen molar-refractivity contribution < 1.29 is 14.2 Å². The SMILES string of the molecule is COCCOc1c(CN)cc(Cl)cc1OC. The summed E-state index contributed by atoms with van der Waals surface area (Å²) in [6, 6.07) is 3.47. The summed E-state index contributed by atoms with van der Waals surface area (Å²) in [6.45, 7) is 1.30. The molecule has 0 aromatic heterocycles. The standard InChI is InChI=1S/C11H16ClNO3/c1-14-3-4-16-11-8(7-13)5-9(12)6-10(11)15-2/h5-6H,3-4,7,13H2,1-2H3. The van der Waals surface area contributed by atoms with Crippen molar-refractivity contribution in [2.45, 2.75) is 6.54 Å². The fraction of sp³-hybridized carbons (Fsp3) is 0.455. The molecule has 0 unspecified atom stereocenters. The van der Waals surface area contributed by atoms with Gasteiger partial charge in [0.2, 0.25) is 0 Å². The maximum Gasteiger partial charge on any atom is 0.165 e. The zero-order chi connectivity index (χ0) is 12.0. The molecule has 0 saturated carbocycles. The molecule has 0 amide bonds. The Hall–Kier alpha value is -0.970. The average Bonchev–Trinajstić information content (AvgIpc) is 2.30. The normalized spacial score (nSPS) is 10.2. The van der Waals surface area contributed by atoms with Crippen LogP contribution in [0.25, 0.3) is 0 Å². The van der Waals surface area contributed by atoms with Crippen molar-refractivity contribution in [3.05, 3.63) is 22.7 Å². The predicted molar refractivity (Wildman–Crippen MR) is 63.3 cm³/mol. The van der Waals surface area contributed by atoms with E-state index in [9.17, 15) is 0 Å². The molecule has 0 heterocycles.